The maximum atomic E-state index is 8.64. The first kappa shape index (κ1) is 16.0. The van der Waals surface area contributed by atoms with E-state index >= 15 is 0 Å². The minimum atomic E-state index is 0.0269. The van der Waals surface area contributed by atoms with Gasteiger partial charge < -0.3 is 14.4 Å². The number of nitrogens with zero attached hydrogens (tertiary/aromatic N) is 3. The lowest BCUT2D eigenvalue weighted by atomic mass is 10.2. The lowest BCUT2D eigenvalue weighted by molar-refractivity contribution is 0.122. The number of hydrogen-bond acceptors (Lipinski definition) is 5. The highest BCUT2D eigenvalue weighted by Gasteiger charge is 2.10. The molecule has 0 bridgehead atoms. The largest absolute Gasteiger partial charge is 0.478 e. The Hall–Kier alpha value is -2.84. The minimum Gasteiger partial charge on any atom is -0.478 e. The third kappa shape index (κ3) is 4.12. The summed E-state index contributed by atoms with van der Waals surface area (Å²) >= 11 is 0. The van der Waals surface area contributed by atoms with Gasteiger partial charge in [-0.25, -0.2) is 0 Å². The molecular weight excluding hydrogens is 302 g/mol. The molecule has 1 heterocycles. The maximum absolute atomic E-state index is 8.64. The van der Waals surface area contributed by atoms with Crippen LogP contribution in [-0.4, -0.2) is 39.1 Å². The Bertz CT molecular complexity index is 729. The number of ether oxygens (including phenoxy) is 2. The van der Waals surface area contributed by atoms with Gasteiger partial charge in [-0.05, 0) is 36.4 Å². The standard InChI is InChI=1S/C19H19N3O2/c20-9-12-24-19-4-2-1-3-16(19)15-21-17-5-7-18(8-6-17)22-10-13-23-14-11-22/h1-8,15H,10-14H2. The van der Waals surface area contributed by atoms with Crippen molar-refractivity contribution in [1.29, 1.82) is 5.26 Å². The van der Waals surface area contributed by atoms with Gasteiger partial charge in [-0.3, -0.25) is 4.99 Å². The zero-order valence-electron chi connectivity index (χ0n) is 13.4. The molecule has 0 saturated carbocycles. The van der Waals surface area contributed by atoms with Gasteiger partial charge in [0.1, 0.15) is 11.8 Å². The molecule has 2 aromatic carbocycles. The first-order valence-electron chi connectivity index (χ1n) is 7.92. The van der Waals surface area contributed by atoms with Gasteiger partial charge in [0.15, 0.2) is 6.61 Å². The molecule has 0 spiro atoms. The van der Waals surface area contributed by atoms with Crippen molar-refractivity contribution in [3.63, 3.8) is 0 Å². The fourth-order valence-corrected chi connectivity index (χ4v) is 2.54. The van der Waals surface area contributed by atoms with Crippen LogP contribution >= 0.6 is 0 Å². The molecule has 0 atom stereocenters. The van der Waals surface area contributed by atoms with Crippen LogP contribution < -0.4 is 9.64 Å². The number of morpholine rings is 1. The summed E-state index contributed by atoms with van der Waals surface area (Å²) in [5.41, 5.74) is 2.92. The van der Waals surface area contributed by atoms with Crippen molar-refractivity contribution in [3.8, 4) is 11.8 Å². The smallest absolute Gasteiger partial charge is 0.174 e. The lowest BCUT2D eigenvalue weighted by Crippen LogP contribution is -2.36. The Kier molecular flexibility index (Phi) is 5.44. The van der Waals surface area contributed by atoms with E-state index in [0.29, 0.717) is 5.75 Å². The zero-order valence-corrected chi connectivity index (χ0v) is 13.4. The lowest BCUT2D eigenvalue weighted by Gasteiger charge is -2.28. The second kappa shape index (κ2) is 8.14. The van der Waals surface area contributed by atoms with Crippen molar-refractivity contribution in [3.05, 3.63) is 54.1 Å². The first-order chi connectivity index (χ1) is 11.9. The normalized spacial score (nSPS) is 14.5. The summed E-state index contributed by atoms with van der Waals surface area (Å²) < 4.78 is 10.8. The highest BCUT2D eigenvalue weighted by atomic mass is 16.5. The van der Waals surface area contributed by atoms with E-state index in [2.05, 4.69) is 22.0 Å². The summed E-state index contributed by atoms with van der Waals surface area (Å²) in [5, 5.41) is 8.64. The van der Waals surface area contributed by atoms with E-state index in [4.69, 9.17) is 14.7 Å². The van der Waals surface area contributed by atoms with Crippen molar-refractivity contribution in [2.24, 2.45) is 4.99 Å². The Morgan fingerprint density at radius 3 is 2.62 bits per heavy atom. The molecule has 0 N–H and O–H groups in total. The predicted octanol–water partition coefficient (Wildman–Crippen LogP) is 3.18. The van der Waals surface area contributed by atoms with Crippen molar-refractivity contribution < 1.29 is 9.47 Å². The molecular formula is C19H19N3O2. The average molecular weight is 321 g/mol. The number of benzene rings is 2. The molecule has 0 unspecified atom stereocenters. The van der Waals surface area contributed by atoms with Crippen LogP contribution in [0.4, 0.5) is 11.4 Å². The average Bonchev–Trinajstić information content (AvgIpc) is 2.66. The van der Waals surface area contributed by atoms with E-state index < -0.39 is 0 Å². The molecule has 0 aliphatic carbocycles. The second-order valence-electron chi connectivity index (χ2n) is 5.36. The summed E-state index contributed by atoms with van der Waals surface area (Å²) in [4.78, 5) is 6.81. The highest BCUT2D eigenvalue weighted by molar-refractivity contribution is 5.85. The quantitative estimate of drug-likeness (QED) is 0.794. The molecule has 5 heteroatoms. The van der Waals surface area contributed by atoms with E-state index in [-0.39, 0.29) is 6.61 Å². The molecule has 5 nitrogen and oxygen atoms in total. The Morgan fingerprint density at radius 1 is 1.12 bits per heavy atom. The molecule has 0 radical (unpaired) electrons. The maximum Gasteiger partial charge on any atom is 0.174 e. The van der Waals surface area contributed by atoms with E-state index in [0.717, 1.165) is 37.6 Å². The third-order valence-corrected chi connectivity index (χ3v) is 3.79. The first-order valence-corrected chi connectivity index (χ1v) is 7.92. The summed E-state index contributed by atoms with van der Waals surface area (Å²) in [6.45, 7) is 3.43. The Balaban J connectivity index is 1.69. The molecule has 1 aliphatic heterocycles. The SMILES string of the molecule is N#CCOc1ccccc1C=Nc1ccc(N2CCOCC2)cc1. The fourth-order valence-electron chi connectivity index (χ4n) is 2.54. The predicted molar refractivity (Wildman–Crippen MR) is 94.3 cm³/mol. The van der Waals surface area contributed by atoms with Gasteiger partial charge >= 0.3 is 0 Å². The summed E-state index contributed by atoms with van der Waals surface area (Å²) in [6.07, 6.45) is 1.76. The van der Waals surface area contributed by atoms with Crippen molar-refractivity contribution in [2.45, 2.75) is 0 Å². The van der Waals surface area contributed by atoms with Gasteiger partial charge in [-0.1, -0.05) is 12.1 Å². The van der Waals surface area contributed by atoms with Crippen LogP contribution in [0.1, 0.15) is 5.56 Å². The van der Waals surface area contributed by atoms with Crippen molar-refractivity contribution >= 4 is 17.6 Å². The van der Waals surface area contributed by atoms with E-state index in [1.807, 2.05) is 42.5 Å². The van der Waals surface area contributed by atoms with Gasteiger partial charge in [0, 0.05) is 30.6 Å². The van der Waals surface area contributed by atoms with Crippen LogP contribution in [0, 0.1) is 11.3 Å². The van der Waals surface area contributed by atoms with Crippen LogP contribution in [-0.2, 0) is 4.74 Å². The van der Waals surface area contributed by atoms with Gasteiger partial charge in [0.05, 0.1) is 18.9 Å². The molecule has 1 aliphatic rings. The summed E-state index contributed by atoms with van der Waals surface area (Å²) in [5.74, 6) is 0.660. The summed E-state index contributed by atoms with van der Waals surface area (Å²) in [6, 6.07) is 17.7. The van der Waals surface area contributed by atoms with Gasteiger partial charge in [0.2, 0.25) is 0 Å². The molecule has 1 fully saturated rings. The topological polar surface area (TPSA) is 57.8 Å². The third-order valence-electron chi connectivity index (χ3n) is 3.79. The van der Waals surface area contributed by atoms with Gasteiger partial charge in [0.25, 0.3) is 0 Å². The van der Waals surface area contributed by atoms with E-state index in [1.165, 1.54) is 5.69 Å². The fraction of sp³-hybridized carbons (Fsp3) is 0.263. The molecule has 0 aromatic heterocycles. The Labute approximate surface area is 141 Å². The monoisotopic (exact) mass is 321 g/mol. The number of aliphatic imine (C=N–C) groups is 1. The van der Waals surface area contributed by atoms with E-state index in [1.54, 1.807) is 6.21 Å². The zero-order chi connectivity index (χ0) is 16.6. The molecule has 2 aromatic rings. The molecule has 1 saturated heterocycles. The molecule has 24 heavy (non-hydrogen) atoms. The summed E-state index contributed by atoms with van der Waals surface area (Å²) in [7, 11) is 0. The Morgan fingerprint density at radius 2 is 1.88 bits per heavy atom. The number of para-hydroxylation sites is 1. The van der Waals surface area contributed by atoms with Crippen LogP contribution in [0.5, 0.6) is 5.75 Å². The number of rotatable bonds is 5. The molecule has 122 valence electrons. The number of hydrogen-bond donors (Lipinski definition) is 0. The number of anilines is 1. The van der Waals surface area contributed by atoms with Gasteiger partial charge in [-0.2, -0.15) is 5.26 Å². The number of nitriles is 1. The van der Waals surface area contributed by atoms with Crippen LogP contribution in [0.3, 0.4) is 0 Å². The van der Waals surface area contributed by atoms with Crippen LogP contribution in [0.15, 0.2) is 53.5 Å². The van der Waals surface area contributed by atoms with Crippen LogP contribution in [0.25, 0.3) is 0 Å². The van der Waals surface area contributed by atoms with Crippen molar-refractivity contribution in [2.75, 3.05) is 37.8 Å². The second-order valence-corrected chi connectivity index (χ2v) is 5.36. The van der Waals surface area contributed by atoms with Gasteiger partial charge in [-0.15, -0.1) is 0 Å². The molecule has 3 rings (SSSR count). The molecule has 0 amide bonds. The highest BCUT2D eigenvalue weighted by Crippen LogP contribution is 2.22. The minimum absolute atomic E-state index is 0.0269. The van der Waals surface area contributed by atoms with Crippen LogP contribution in [0.2, 0.25) is 0 Å². The van der Waals surface area contributed by atoms with E-state index in [9.17, 15) is 0 Å². The van der Waals surface area contributed by atoms with Crippen molar-refractivity contribution in [1.82, 2.24) is 0 Å².